The molecule has 158 valence electrons. The summed E-state index contributed by atoms with van der Waals surface area (Å²) < 4.78 is 38.5. The third-order valence-electron chi connectivity index (χ3n) is 3.75. The van der Waals surface area contributed by atoms with Crippen molar-refractivity contribution in [1.82, 2.24) is 4.98 Å². The minimum absolute atomic E-state index is 0.0173. The molecule has 0 bridgehead atoms. The summed E-state index contributed by atoms with van der Waals surface area (Å²) in [6.45, 7) is 12.2. The van der Waals surface area contributed by atoms with Gasteiger partial charge in [-0.3, -0.25) is 0 Å². The average molecular weight is 420 g/mol. The zero-order valence-electron chi connectivity index (χ0n) is 17.6. The Morgan fingerprint density at radius 2 is 1.61 bits per heavy atom. The number of alkyl halides is 3. The molecule has 0 aliphatic rings. The van der Waals surface area contributed by atoms with Crippen molar-refractivity contribution in [3.05, 3.63) is 28.1 Å². The number of nitrogens with zero attached hydrogens (tertiary/aromatic N) is 1. The Balaban J connectivity index is 4.04. The summed E-state index contributed by atoms with van der Waals surface area (Å²) in [5.41, 5.74) is -1.98. The lowest BCUT2D eigenvalue weighted by Gasteiger charge is -2.26. The van der Waals surface area contributed by atoms with Gasteiger partial charge in [0.05, 0.1) is 23.9 Å². The maximum atomic E-state index is 14.2. The highest BCUT2D eigenvalue weighted by molar-refractivity contribution is 6.22. The van der Waals surface area contributed by atoms with Crippen LogP contribution in [-0.4, -0.2) is 29.6 Å². The van der Waals surface area contributed by atoms with Crippen molar-refractivity contribution in [2.45, 2.75) is 71.8 Å². The zero-order valence-corrected chi connectivity index (χ0v) is 18.3. The molecule has 0 saturated heterocycles. The number of aromatic nitrogens is 1. The number of carbonyl (C=O) groups excluding carboxylic acids is 2. The van der Waals surface area contributed by atoms with Gasteiger partial charge in [0, 0.05) is 0 Å². The average Bonchev–Trinajstić information content (AvgIpc) is 2.49. The van der Waals surface area contributed by atoms with Crippen molar-refractivity contribution in [2.24, 2.45) is 5.92 Å². The highest BCUT2D eigenvalue weighted by Gasteiger charge is 2.41. The molecule has 0 aromatic carbocycles. The van der Waals surface area contributed by atoms with Crippen molar-refractivity contribution in [3.63, 3.8) is 0 Å². The van der Waals surface area contributed by atoms with E-state index in [0.29, 0.717) is 0 Å². The molecule has 1 aromatic heterocycles. The second-order valence-corrected chi connectivity index (χ2v) is 8.79. The fourth-order valence-electron chi connectivity index (χ4n) is 2.77. The van der Waals surface area contributed by atoms with Crippen LogP contribution in [0.5, 0.6) is 0 Å². The Labute approximate surface area is 169 Å². The monoisotopic (exact) mass is 419 g/mol. The molecule has 0 amide bonds. The summed E-state index contributed by atoms with van der Waals surface area (Å²) in [7, 11) is 1.07. The lowest BCUT2D eigenvalue weighted by molar-refractivity contribution is 0.00648. The molecule has 0 fully saturated rings. The van der Waals surface area contributed by atoms with Gasteiger partial charge in [-0.1, -0.05) is 27.7 Å². The van der Waals surface area contributed by atoms with Gasteiger partial charge in [0.15, 0.2) is 0 Å². The molecule has 1 aromatic rings. The lowest BCUT2D eigenvalue weighted by Crippen LogP contribution is -2.29. The highest BCUT2D eigenvalue weighted by atomic mass is 35.5. The van der Waals surface area contributed by atoms with Gasteiger partial charge in [-0.25, -0.2) is 14.6 Å². The van der Waals surface area contributed by atoms with Crippen LogP contribution in [0.1, 0.15) is 92.1 Å². The van der Waals surface area contributed by atoms with E-state index in [1.54, 1.807) is 34.6 Å². The van der Waals surface area contributed by atoms with Gasteiger partial charge in [0.2, 0.25) is 0 Å². The standard InChI is InChI=1S/C20H28ClF2NO4/c1-10(2)9-12-13(18(26)28-19(5,6)7)15(11(3)4)24-16(20(21,22)23)14(12)17(25)27-8/h10-11H,9H2,1-8H3. The normalized spacial score (nSPS) is 12.5. The Morgan fingerprint density at radius 3 is 1.96 bits per heavy atom. The van der Waals surface area contributed by atoms with Gasteiger partial charge < -0.3 is 9.47 Å². The van der Waals surface area contributed by atoms with E-state index in [0.717, 1.165) is 7.11 Å². The molecule has 0 unspecified atom stereocenters. The molecular weight excluding hydrogens is 392 g/mol. The van der Waals surface area contributed by atoms with Gasteiger partial charge >= 0.3 is 17.3 Å². The minimum atomic E-state index is -3.91. The quantitative estimate of drug-likeness (QED) is 0.454. The first kappa shape index (κ1) is 24.3. The fourth-order valence-corrected chi connectivity index (χ4v) is 2.91. The van der Waals surface area contributed by atoms with Gasteiger partial charge in [-0.2, -0.15) is 8.78 Å². The van der Waals surface area contributed by atoms with E-state index in [9.17, 15) is 18.4 Å². The van der Waals surface area contributed by atoms with E-state index in [4.69, 9.17) is 21.1 Å². The summed E-state index contributed by atoms with van der Waals surface area (Å²) in [5, 5.41) is -3.91. The molecule has 0 N–H and O–H groups in total. The van der Waals surface area contributed by atoms with E-state index < -0.39 is 40.1 Å². The predicted molar refractivity (Wildman–Crippen MR) is 103 cm³/mol. The van der Waals surface area contributed by atoms with Crippen LogP contribution in [0.3, 0.4) is 0 Å². The maximum absolute atomic E-state index is 14.2. The van der Waals surface area contributed by atoms with Crippen LogP contribution in [0, 0.1) is 5.92 Å². The largest absolute Gasteiger partial charge is 0.465 e. The van der Waals surface area contributed by atoms with Crippen LogP contribution in [0.15, 0.2) is 0 Å². The number of hydrogen-bond acceptors (Lipinski definition) is 5. The Morgan fingerprint density at radius 1 is 1.07 bits per heavy atom. The number of esters is 2. The third kappa shape index (κ3) is 5.87. The van der Waals surface area contributed by atoms with Crippen LogP contribution >= 0.6 is 11.6 Å². The van der Waals surface area contributed by atoms with E-state index in [1.165, 1.54) is 0 Å². The second-order valence-electron chi connectivity index (χ2n) is 8.32. The smallest absolute Gasteiger partial charge is 0.365 e. The van der Waals surface area contributed by atoms with Gasteiger partial charge in [0.1, 0.15) is 11.3 Å². The molecule has 0 spiro atoms. The van der Waals surface area contributed by atoms with Crippen molar-refractivity contribution in [2.75, 3.05) is 7.11 Å². The summed E-state index contributed by atoms with van der Waals surface area (Å²) in [6.07, 6.45) is 0.168. The van der Waals surface area contributed by atoms with Gasteiger partial charge in [-0.05, 0) is 56.2 Å². The molecule has 8 heteroatoms. The maximum Gasteiger partial charge on any atom is 0.365 e. The molecule has 0 radical (unpaired) electrons. The molecule has 28 heavy (non-hydrogen) atoms. The summed E-state index contributed by atoms with van der Waals surface area (Å²) in [5.74, 6) is -2.20. The Hall–Kier alpha value is -1.76. The van der Waals surface area contributed by atoms with Crippen LogP contribution in [-0.2, 0) is 21.3 Å². The molecule has 5 nitrogen and oxygen atoms in total. The number of methoxy groups -OCH3 is 1. The minimum Gasteiger partial charge on any atom is -0.465 e. The SMILES string of the molecule is COC(=O)c1c(C(F)(F)Cl)nc(C(C)C)c(C(=O)OC(C)(C)C)c1CC(C)C. The Bertz CT molecular complexity index is 750. The van der Waals surface area contributed by atoms with E-state index in [2.05, 4.69) is 4.98 Å². The number of pyridine rings is 1. The van der Waals surface area contributed by atoms with E-state index in [-0.39, 0.29) is 29.2 Å². The first-order valence-corrected chi connectivity index (χ1v) is 9.43. The summed E-state index contributed by atoms with van der Waals surface area (Å²) in [6, 6.07) is 0. The van der Waals surface area contributed by atoms with E-state index >= 15 is 0 Å². The first-order valence-electron chi connectivity index (χ1n) is 9.05. The summed E-state index contributed by atoms with van der Waals surface area (Å²) in [4.78, 5) is 29.3. The number of hydrogen-bond donors (Lipinski definition) is 0. The molecule has 0 saturated carbocycles. The van der Waals surface area contributed by atoms with Crippen LogP contribution < -0.4 is 0 Å². The number of ether oxygens (including phenoxy) is 2. The fraction of sp³-hybridized carbons (Fsp3) is 0.650. The number of halogens is 3. The first-order chi connectivity index (χ1) is 12.6. The van der Waals surface area contributed by atoms with Crippen LogP contribution in [0.2, 0.25) is 0 Å². The number of carbonyl (C=O) groups is 2. The molecule has 1 heterocycles. The van der Waals surface area contributed by atoms with Crippen LogP contribution in [0.25, 0.3) is 0 Å². The molecule has 0 aliphatic carbocycles. The van der Waals surface area contributed by atoms with Crippen molar-refractivity contribution >= 4 is 23.5 Å². The second kappa shape index (κ2) is 8.72. The molecule has 0 aliphatic heterocycles. The topological polar surface area (TPSA) is 65.5 Å². The summed E-state index contributed by atoms with van der Waals surface area (Å²) >= 11 is 5.27. The predicted octanol–water partition coefficient (Wildman–Crippen LogP) is 5.43. The molecule has 0 atom stereocenters. The van der Waals surface area contributed by atoms with E-state index in [1.807, 2.05) is 13.8 Å². The van der Waals surface area contributed by atoms with Crippen LogP contribution in [0.4, 0.5) is 8.78 Å². The highest BCUT2D eigenvalue weighted by Crippen LogP contribution is 2.39. The number of rotatable bonds is 6. The van der Waals surface area contributed by atoms with Crippen molar-refractivity contribution in [3.8, 4) is 0 Å². The van der Waals surface area contributed by atoms with Gasteiger partial charge in [0.25, 0.3) is 0 Å². The van der Waals surface area contributed by atoms with Crippen molar-refractivity contribution < 1.29 is 27.8 Å². The Kier molecular flexibility index (Phi) is 7.56. The van der Waals surface area contributed by atoms with Gasteiger partial charge in [-0.15, -0.1) is 0 Å². The lowest BCUT2D eigenvalue weighted by atomic mass is 9.88. The molecule has 1 rings (SSSR count). The zero-order chi connectivity index (χ0) is 22.0. The molecular formula is C20H28ClF2NO4. The van der Waals surface area contributed by atoms with Crippen molar-refractivity contribution in [1.29, 1.82) is 0 Å². The third-order valence-corrected chi connectivity index (χ3v) is 3.93.